The van der Waals surface area contributed by atoms with Gasteiger partial charge in [0.2, 0.25) is 23.6 Å². The third kappa shape index (κ3) is 11.9. The van der Waals surface area contributed by atoms with E-state index in [1.54, 1.807) is 0 Å². The summed E-state index contributed by atoms with van der Waals surface area (Å²) in [6.07, 6.45) is -1.62. The molecule has 0 heterocycles. The van der Waals surface area contributed by atoms with Crippen LogP contribution in [0.3, 0.4) is 0 Å². The van der Waals surface area contributed by atoms with Crippen LogP contribution in [0.1, 0.15) is 26.2 Å². The van der Waals surface area contributed by atoms with Crippen molar-refractivity contribution >= 4 is 48.2 Å². The van der Waals surface area contributed by atoms with Gasteiger partial charge in [-0.1, -0.05) is 0 Å². The fourth-order valence-corrected chi connectivity index (χ4v) is 2.65. The first-order chi connectivity index (χ1) is 15.3. The molecule has 33 heavy (non-hydrogen) atoms. The number of hydrogen-bond acceptors (Lipinski definition) is 9. The largest absolute Gasteiger partial charge is 0.480 e. The summed E-state index contributed by atoms with van der Waals surface area (Å²) < 4.78 is 0. The zero-order chi connectivity index (χ0) is 25.7. The number of carbonyl (C=O) groups excluding carboxylic acids is 4. The van der Waals surface area contributed by atoms with E-state index >= 15 is 0 Å². The Morgan fingerprint density at radius 2 is 1.45 bits per heavy atom. The van der Waals surface area contributed by atoms with Gasteiger partial charge in [-0.2, -0.15) is 12.6 Å². The summed E-state index contributed by atoms with van der Waals surface area (Å²) in [4.78, 5) is 63.7. The number of aliphatic carboxylic acids is 1. The Labute approximate surface area is 195 Å². The quantitative estimate of drug-likeness (QED) is 0.0450. The Morgan fingerprint density at radius 3 is 1.91 bits per heavy atom. The van der Waals surface area contributed by atoms with Gasteiger partial charge in [0, 0.05) is 12.3 Å². The second-order valence-electron chi connectivity index (χ2n) is 7.09. The number of aliphatic imine (C=N–C) groups is 1. The first kappa shape index (κ1) is 29.9. The van der Waals surface area contributed by atoms with Crippen LogP contribution in [0.4, 0.5) is 0 Å². The van der Waals surface area contributed by atoms with Crippen LogP contribution < -0.4 is 38.9 Å². The number of aliphatic hydroxyl groups is 1. The molecule has 5 unspecified atom stereocenters. The van der Waals surface area contributed by atoms with Gasteiger partial charge < -0.3 is 49.1 Å². The number of aliphatic hydroxyl groups excluding tert-OH is 1. The number of carbonyl (C=O) groups is 5. The normalized spacial score (nSPS) is 15.2. The highest BCUT2D eigenvalue weighted by Gasteiger charge is 2.31. The molecule has 0 aliphatic rings. The zero-order valence-corrected chi connectivity index (χ0v) is 19.0. The maximum atomic E-state index is 12.8. The Kier molecular flexibility index (Phi) is 13.5. The summed E-state index contributed by atoms with van der Waals surface area (Å²) in [5.74, 6) is -5.47. The second kappa shape index (κ2) is 14.9. The van der Waals surface area contributed by atoms with Crippen LogP contribution >= 0.6 is 12.6 Å². The molecule has 0 rings (SSSR count). The summed E-state index contributed by atoms with van der Waals surface area (Å²) in [5.41, 5.74) is 21.2. The summed E-state index contributed by atoms with van der Waals surface area (Å²) in [6.45, 7) is 1.41. The van der Waals surface area contributed by atoms with Crippen molar-refractivity contribution in [3.8, 4) is 0 Å². The van der Waals surface area contributed by atoms with Crippen molar-refractivity contribution in [1.82, 2.24) is 16.0 Å². The number of thiol groups is 1. The predicted octanol–water partition coefficient (Wildman–Crippen LogP) is -4.91. The third-order valence-electron chi connectivity index (χ3n) is 4.24. The van der Waals surface area contributed by atoms with Gasteiger partial charge in [-0.3, -0.25) is 24.2 Å². The van der Waals surface area contributed by atoms with Crippen molar-refractivity contribution in [2.75, 3.05) is 12.3 Å². The van der Waals surface area contributed by atoms with Crippen LogP contribution in [-0.4, -0.2) is 88.3 Å². The highest BCUT2D eigenvalue weighted by Crippen LogP contribution is 2.03. The number of carboxylic acids is 1. The van der Waals surface area contributed by atoms with E-state index in [1.807, 2.05) is 0 Å². The average Bonchev–Trinajstić information content (AvgIpc) is 2.71. The van der Waals surface area contributed by atoms with Crippen LogP contribution in [0, 0.1) is 0 Å². The summed E-state index contributed by atoms with van der Waals surface area (Å²) in [5, 5.41) is 25.3. The van der Waals surface area contributed by atoms with Gasteiger partial charge in [-0.05, 0) is 19.8 Å². The van der Waals surface area contributed by atoms with Crippen LogP contribution in [0.25, 0.3) is 0 Å². The van der Waals surface area contributed by atoms with Crippen LogP contribution in [-0.2, 0) is 24.0 Å². The molecule has 0 spiro atoms. The fraction of sp³-hybridized carbons (Fsp3) is 0.647. The topological polar surface area (TPSA) is 278 Å². The number of hydrogen-bond donors (Lipinski definition) is 10. The first-order valence-corrected chi connectivity index (χ1v) is 10.5. The summed E-state index contributed by atoms with van der Waals surface area (Å²) in [6, 6.07) is -5.50. The maximum absolute atomic E-state index is 12.8. The number of rotatable bonds is 15. The number of nitrogens with two attached hydrogens (primary N) is 4. The van der Waals surface area contributed by atoms with Gasteiger partial charge >= 0.3 is 5.97 Å². The van der Waals surface area contributed by atoms with Crippen molar-refractivity contribution in [3.05, 3.63) is 0 Å². The van der Waals surface area contributed by atoms with Crippen molar-refractivity contribution in [2.24, 2.45) is 27.9 Å². The molecule has 0 aromatic carbocycles. The molecular weight excluding hydrogens is 460 g/mol. The monoisotopic (exact) mass is 492 g/mol. The molecule has 0 fully saturated rings. The highest BCUT2D eigenvalue weighted by atomic mass is 32.1. The molecule has 15 nitrogen and oxygen atoms in total. The lowest BCUT2D eigenvalue weighted by atomic mass is 10.1. The molecule has 188 valence electrons. The average molecular weight is 493 g/mol. The molecule has 0 bridgehead atoms. The van der Waals surface area contributed by atoms with E-state index in [0.29, 0.717) is 0 Å². The molecule has 0 saturated carbocycles. The summed E-state index contributed by atoms with van der Waals surface area (Å²) >= 11 is 3.82. The van der Waals surface area contributed by atoms with E-state index in [-0.39, 0.29) is 31.1 Å². The van der Waals surface area contributed by atoms with Crippen LogP contribution in [0.15, 0.2) is 4.99 Å². The lowest BCUT2D eigenvalue weighted by Gasteiger charge is -2.25. The van der Waals surface area contributed by atoms with E-state index in [0.717, 1.165) is 0 Å². The number of nitrogens with zero attached hydrogens (tertiary/aromatic N) is 1. The summed E-state index contributed by atoms with van der Waals surface area (Å²) in [7, 11) is 0. The number of carboxylic acid groups (broad SMARTS) is 1. The maximum Gasteiger partial charge on any atom is 0.327 e. The Morgan fingerprint density at radius 1 is 0.939 bits per heavy atom. The molecule has 0 aromatic rings. The lowest BCUT2D eigenvalue weighted by molar-refractivity contribution is -0.141. The minimum absolute atomic E-state index is 0.000183. The van der Waals surface area contributed by atoms with Gasteiger partial charge in [-0.25, -0.2) is 4.79 Å². The third-order valence-corrected chi connectivity index (χ3v) is 4.60. The minimum Gasteiger partial charge on any atom is -0.480 e. The van der Waals surface area contributed by atoms with Gasteiger partial charge in [0.05, 0.1) is 12.5 Å². The zero-order valence-electron chi connectivity index (χ0n) is 18.1. The molecule has 13 N–H and O–H groups in total. The van der Waals surface area contributed by atoms with Crippen molar-refractivity contribution in [2.45, 2.75) is 56.5 Å². The SMILES string of the molecule is CC(O)C(N)C(=O)NC(CCCN=C(N)N)C(=O)NC(CC(N)=O)C(=O)NC(CS)C(=O)O. The molecule has 0 saturated heterocycles. The van der Waals surface area contributed by atoms with Crippen molar-refractivity contribution < 1.29 is 34.2 Å². The molecule has 0 aliphatic heterocycles. The number of nitrogens with one attached hydrogen (secondary N) is 3. The minimum atomic E-state index is -1.53. The number of amides is 4. The lowest BCUT2D eigenvalue weighted by Crippen LogP contribution is -2.58. The van der Waals surface area contributed by atoms with E-state index in [9.17, 15) is 29.1 Å². The van der Waals surface area contributed by atoms with E-state index in [1.165, 1.54) is 6.92 Å². The van der Waals surface area contributed by atoms with Crippen LogP contribution in [0.5, 0.6) is 0 Å². The Balaban J connectivity index is 5.54. The highest BCUT2D eigenvalue weighted by molar-refractivity contribution is 7.80. The first-order valence-electron chi connectivity index (χ1n) is 9.82. The number of primary amides is 1. The predicted molar refractivity (Wildman–Crippen MR) is 121 cm³/mol. The molecular formula is C17H32N8O7S. The van der Waals surface area contributed by atoms with E-state index < -0.39 is 66.3 Å². The fourth-order valence-electron chi connectivity index (χ4n) is 2.40. The van der Waals surface area contributed by atoms with E-state index in [2.05, 4.69) is 33.6 Å². The van der Waals surface area contributed by atoms with Crippen molar-refractivity contribution in [3.63, 3.8) is 0 Å². The standard InChI is InChI=1S/C17H32N8O7S/c1-7(26)12(19)15(30)23-8(3-2-4-22-17(20)21)13(28)24-9(5-11(18)27)14(29)25-10(6-33)16(31)32/h7-10,12,26,33H,2-6,19H2,1H3,(H2,18,27)(H,23,30)(H,24,28)(H,25,29)(H,31,32)(H4,20,21,22). The van der Waals surface area contributed by atoms with Crippen molar-refractivity contribution in [1.29, 1.82) is 0 Å². The van der Waals surface area contributed by atoms with Gasteiger partial charge in [-0.15, -0.1) is 0 Å². The number of guanidine groups is 1. The second-order valence-corrected chi connectivity index (χ2v) is 7.46. The Hall–Kier alpha value is -3.11. The molecule has 5 atom stereocenters. The molecule has 4 amide bonds. The molecule has 0 radical (unpaired) electrons. The molecule has 16 heteroatoms. The van der Waals surface area contributed by atoms with E-state index in [4.69, 9.17) is 28.0 Å². The Bertz CT molecular complexity index is 745. The van der Waals surface area contributed by atoms with Gasteiger partial charge in [0.25, 0.3) is 0 Å². The smallest absolute Gasteiger partial charge is 0.327 e. The van der Waals surface area contributed by atoms with Gasteiger partial charge in [0.15, 0.2) is 5.96 Å². The van der Waals surface area contributed by atoms with Crippen LogP contribution in [0.2, 0.25) is 0 Å². The van der Waals surface area contributed by atoms with Gasteiger partial charge in [0.1, 0.15) is 24.2 Å². The molecule has 0 aromatic heterocycles. The molecule has 0 aliphatic carbocycles.